The van der Waals surface area contributed by atoms with Crippen LogP contribution in [-0.2, 0) is 6.54 Å². The van der Waals surface area contributed by atoms with Gasteiger partial charge in [0, 0.05) is 6.54 Å². The number of ether oxygens (including phenoxy) is 1. The second-order valence-electron chi connectivity index (χ2n) is 3.69. The molecule has 0 bridgehead atoms. The van der Waals surface area contributed by atoms with E-state index < -0.39 is 0 Å². The summed E-state index contributed by atoms with van der Waals surface area (Å²) in [7, 11) is 2.06. The molecule has 0 aliphatic carbocycles. The molecule has 1 aromatic rings. The largest absolute Gasteiger partial charge is 0.503 e. The lowest BCUT2D eigenvalue weighted by Gasteiger charge is -2.16. The molecule has 0 saturated heterocycles. The Hall–Kier alpha value is -0.740. The van der Waals surface area contributed by atoms with Gasteiger partial charge < -0.3 is 14.7 Å². The van der Waals surface area contributed by atoms with Gasteiger partial charge in [-0.2, -0.15) is 0 Å². The van der Waals surface area contributed by atoms with Gasteiger partial charge in [-0.15, -0.1) is 0 Å². The molecule has 0 aliphatic rings. The van der Waals surface area contributed by atoms with E-state index >= 15 is 0 Å². The molecule has 1 N–H and O–H groups in total. The minimum Gasteiger partial charge on any atom is -0.503 e. The molecule has 4 heteroatoms. The molecule has 0 aliphatic heterocycles. The van der Waals surface area contributed by atoms with Gasteiger partial charge in [-0.1, -0.05) is 6.92 Å². The summed E-state index contributed by atoms with van der Waals surface area (Å²) < 4.78 is 6.05. The summed E-state index contributed by atoms with van der Waals surface area (Å²) in [6, 6.07) is 3.81. The first-order valence-electron chi connectivity index (χ1n) is 5.41. The average Bonchev–Trinajstić information content (AvgIpc) is 2.25. The van der Waals surface area contributed by atoms with Crippen molar-refractivity contribution in [3.8, 4) is 11.5 Å². The molecule has 0 aromatic heterocycles. The van der Waals surface area contributed by atoms with E-state index in [0.29, 0.717) is 16.8 Å². The van der Waals surface area contributed by atoms with Crippen LogP contribution in [0.3, 0.4) is 0 Å². The van der Waals surface area contributed by atoms with Crippen LogP contribution in [0, 0.1) is 0 Å². The summed E-state index contributed by atoms with van der Waals surface area (Å²) in [5.74, 6) is 0.709. The highest BCUT2D eigenvalue weighted by Crippen LogP contribution is 2.35. The van der Waals surface area contributed by atoms with Crippen molar-refractivity contribution in [3.63, 3.8) is 0 Å². The number of halogens is 1. The second kappa shape index (κ2) is 6.11. The average molecular weight is 288 g/mol. The maximum atomic E-state index is 9.76. The van der Waals surface area contributed by atoms with E-state index in [1.165, 1.54) is 0 Å². The molecule has 0 unspecified atom stereocenters. The third-order valence-corrected chi connectivity index (χ3v) is 2.98. The van der Waals surface area contributed by atoms with E-state index in [1.54, 1.807) is 0 Å². The number of hydrogen-bond acceptors (Lipinski definition) is 3. The van der Waals surface area contributed by atoms with Crippen molar-refractivity contribution < 1.29 is 9.84 Å². The molecular weight excluding hydrogens is 270 g/mol. The van der Waals surface area contributed by atoms with Crippen molar-refractivity contribution >= 4 is 15.9 Å². The predicted octanol–water partition coefficient (Wildman–Crippen LogP) is 3.01. The number of benzene rings is 1. The van der Waals surface area contributed by atoms with Crippen LogP contribution in [0.4, 0.5) is 0 Å². The van der Waals surface area contributed by atoms with Crippen LogP contribution in [0.15, 0.2) is 16.6 Å². The number of rotatable bonds is 5. The number of phenolic OH excluding ortho intramolecular Hbond substituents is 1. The number of aromatic hydroxyl groups is 1. The Morgan fingerprint density at radius 1 is 1.38 bits per heavy atom. The third-order valence-electron chi connectivity index (χ3n) is 2.38. The van der Waals surface area contributed by atoms with Crippen molar-refractivity contribution in [1.29, 1.82) is 0 Å². The molecule has 90 valence electrons. The summed E-state index contributed by atoms with van der Waals surface area (Å²) in [6.07, 6.45) is 0. The van der Waals surface area contributed by atoms with Crippen LogP contribution in [0.5, 0.6) is 11.5 Å². The quantitative estimate of drug-likeness (QED) is 0.904. The second-order valence-corrected chi connectivity index (χ2v) is 4.54. The Kier molecular flexibility index (Phi) is 5.09. The van der Waals surface area contributed by atoms with Gasteiger partial charge in [0.2, 0.25) is 0 Å². The number of nitrogens with zero attached hydrogens (tertiary/aromatic N) is 1. The van der Waals surface area contributed by atoms with Gasteiger partial charge in [-0.3, -0.25) is 0 Å². The van der Waals surface area contributed by atoms with Crippen LogP contribution in [0.25, 0.3) is 0 Å². The molecule has 1 rings (SSSR count). The third kappa shape index (κ3) is 3.39. The van der Waals surface area contributed by atoms with Gasteiger partial charge in [0.1, 0.15) is 0 Å². The van der Waals surface area contributed by atoms with E-state index in [-0.39, 0.29) is 5.75 Å². The molecule has 3 nitrogen and oxygen atoms in total. The number of hydrogen-bond donors (Lipinski definition) is 1. The molecule has 0 amide bonds. The number of phenols is 1. The van der Waals surface area contributed by atoms with E-state index in [9.17, 15) is 5.11 Å². The Morgan fingerprint density at radius 3 is 2.62 bits per heavy atom. The Labute approximate surface area is 105 Å². The smallest absolute Gasteiger partial charge is 0.172 e. The van der Waals surface area contributed by atoms with Crippen molar-refractivity contribution in [2.45, 2.75) is 20.4 Å². The molecule has 0 radical (unpaired) electrons. The summed E-state index contributed by atoms with van der Waals surface area (Å²) in [5, 5.41) is 9.76. The van der Waals surface area contributed by atoms with Gasteiger partial charge >= 0.3 is 0 Å². The van der Waals surface area contributed by atoms with Crippen molar-refractivity contribution in [2.24, 2.45) is 0 Å². The molecule has 1 aromatic carbocycles. The van der Waals surface area contributed by atoms with Gasteiger partial charge in [0.05, 0.1) is 11.1 Å². The van der Waals surface area contributed by atoms with E-state index in [1.807, 2.05) is 19.1 Å². The molecule has 0 heterocycles. The Bertz CT molecular complexity index is 355. The normalized spacial score (nSPS) is 10.8. The Balaban J connectivity index is 2.94. The van der Waals surface area contributed by atoms with Crippen molar-refractivity contribution in [1.82, 2.24) is 4.90 Å². The molecule has 16 heavy (non-hydrogen) atoms. The van der Waals surface area contributed by atoms with E-state index in [0.717, 1.165) is 18.7 Å². The highest BCUT2D eigenvalue weighted by molar-refractivity contribution is 9.10. The highest BCUT2D eigenvalue weighted by Gasteiger charge is 2.09. The lowest BCUT2D eigenvalue weighted by Crippen LogP contribution is -2.16. The maximum Gasteiger partial charge on any atom is 0.172 e. The van der Waals surface area contributed by atoms with Gasteiger partial charge in [0.15, 0.2) is 11.5 Å². The first-order valence-corrected chi connectivity index (χ1v) is 6.20. The first kappa shape index (κ1) is 13.3. The topological polar surface area (TPSA) is 32.7 Å². The summed E-state index contributed by atoms with van der Waals surface area (Å²) in [5.41, 5.74) is 1.12. The van der Waals surface area contributed by atoms with Crippen LogP contribution >= 0.6 is 15.9 Å². The summed E-state index contributed by atoms with van der Waals surface area (Å²) >= 11 is 3.33. The van der Waals surface area contributed by atoms with Gasteiger partial charge in [-0.05, 0) is 54.1 Å². The molecule has 0 saturated carbocycles. The van der Waals surface area contributed by atoms with E-state index in [4.69, 9.17) is 4.74 Å². The first-order chi connectivity index (χ1) is 7.58. The summed E-state index contributed by atoms with van der Waals surface area (Å²) in [4.78, 5) is 2.19. The lowest BCUT2D eigenvalue weighted by atomic mass is 10.2. The fraction of sp³-hybridized carbons (Fsp3) is 0.500. The van der Waals surface area contributed by atoms with Gasteiger partial charge in [-0.25, -0.2) is 0 Å². The van der Waals surface area contributed by atoms with Crippen molar-refractivity contribution in [2.75, 3.05) is 20.2 Å². The zero-order chi connectivity index (χ0) is 12.1. The molecular formula is C12H18BrNO2. The van der Waals surface area contributed by atoms with Crippen LogP contribution in [-0.4, -0.2) is 30.2 Å². The highest BCUT2D eigenvalue weighted by atomic mass is 79.9. The fourth-order valence-corrected chi connectivity index (χ4v) is 1.90. The lowest BCUT2D eigenvalue weighted by molar-refractivity contribution is 0.313. The zero-order valence-corrected chi connectivity index (χ0v) is 11.5. The minimum atomic E-state index is 0.171. The van der Waals surface area contributed by atoms with Crippen molar-refractivity contribution in [3.05, 3.63) is 22.2 Å². The van der Waals surface area contributed by atoms with Crippen LogP contribution in [0.1, 0.15) is 19.4 Å². The molecule has 0 spiro atoms. The zero-order valence-electron chi connectivity index (χ0n) is 9.96. The van der Waals surface area contributed by atoms with Gasteiger partial charge in [0.25, 0.3) is 0 Å². The van der Waals surface area contributed by atoms with Crippen LogP contribution in [0.2, 0.25) is 0 Å². The minimum absolute atomic E-state index is 0.171. The Morgan fingerprint density at radius 2 is 2.06 bits per heavy atom. The SMILES string of the molecule is CCOc1cc(CN(C)CC)cc(Br)c1O. The van der Waals surface area contributed by atoms with E-state index in [2.05, 4.69) is 34.8 Å². The molecule has 0 atom stereocenters. The maximum absolute atomic E-state index is 9.76. The fourth-order valence-electron chi connectivity index (χ4n) is 1.41. The summed E-state index contributed by atoms with van der Waals surface area (Å²) in [6.45, 7) is 6.39. The van der Waals surface area contributed by atoms with Crippen LogP contribution < -0.4 is 4.74 Å². The molecule has 0 fully saturated rings. The standard InChI is InChI=1S/C12H18BrNO2/c1-4-14(3)8-9-6-10(13)12(15)11(7-9)16-5-2/h6-7,15H,4-5,8H2,1-3H3. The predicted molar refractivity (Wildman–Crippen MR) is 69.0 cm³/mol. The monoisotopic (exact) mass is 287 g/mol.